The molecule has 2 N–H and O–H groups in total. The summed E-state index contributed by atoms with van der Waals surface area (Å²) in [6, 6.07) is -0.894. The molecule has 3 atom stereocenters. The van der Waals surface area contributed by atoms with Crippen LogP contribution in [0.25, 0.3) is 0 Å². The molecule has 450 valence electrons. The van der Waals surface area contributed by atoms with Gasteiger partial charge >= 0.3 is 13.8 Å². The van der Waals surface area contributed by atoms with Gasteiger partial charge in [0, 0.05) is 12.8 Å². The Balaban J connectivity index is 5.31. The molecule has 78 heavy (non-hydrogen) atoms. The van der Waals surface area contributed by atoms with E-state index in [1.54, 1.807) is 0 Å². The number of nitrogens with zero attached hydrogens (tertiary/aromatic N) is 1. The molecule has 0 saturated heterocycles. The summed E-state index contributed by atoms with van der Waals surface area (Å²) in [4.78, 5) is 37.7. The van der Waals surface area contributed by atoms with Crippen LogP contribution in [0.3, 0.4) is 0 Å². The lowest BCUT2D eigenvalue weighted by Gasteiger charge is -2.27. The summed E-state index contributed by atoms with van der Waals surface area (Å²) < 4.78 is 30.7. The zero-order valence-electron chi connectivity index (χ0n) is 51.4. The van der Waals surface area contributed by atoms with Crippen LogP contribution in [0.15, 0.2) is 97.2 Å². The van der Waals surface area contributed by atoms with Crippen molar-refractivity contribution < 1.29 is 37.3 Å². The summed E-state index contributed by atoms with van der Waals surface area (Å²) >= 11 is 0. The van der Waals surface area contributed by atoms with Crippen LogP contribution in [0.2, 0.25) is 0 Å². The molecular formula is C68H122N2O7P+. The molecule has 0 saturated carbocycles. The van der Waals surface area contributed by atoms with E-state index in [0.29, 0.717) is 17.4 Å². The molecule has 1 amide bonds. The number of rotatable bonds is 57. The highest BCUT2D eigenvalue weighted by Gasteiger charge is 2.30. The van der Waals surface area contributed by atoms with Gasteiger partial charge in [0.05, 0.1) is 33.8 Å². The molecule has 0 fully saturated rings. The molecule has 0 radical (unpaired) electrons. The van der Waals surface area contributed by atoms with E-state index in [2.05, 4.69) is 105 Å². The zero-order chi connectivity index (χ0) is 57.2. The third-order valence-electron chi connectivity index (χ3n) is 13.8. The van der Waals surface area contributed by atoms with E-state index in [9.17, 15) is 19.0 Å². The van der Waals surface area contributed by atoms with Crippen LogP contribution in [-0.4, -0.2) is 74.3 Å². The second kappa shape index (κ2) is 57.2. The Morgan fingerprint density at radius 1 is 0.462 bits per heavy atom. The minimum absolute atomic E-state index is 0.0229. The van der Waals surface area contributed by atoms with E-state index in [0.717, 1.165) is 77.0 Å². The molecular weight excluding hydrogens is 988 g/mol. The molecule has 0 heterocycles. The molecule has 0 aliphatic carbocycles. The van der Waals surface area contributed by atoms with E-state index < -0.39 is 20.0 Å². The van der Waals surface area contributed by atoms with Crippen molar-refractivity contribution in [2.24, 2.45) is 0 Å². The fourth-order valence-corrected chi connectivity index (χ4v) is 9.58. The maximum Gasteiger partial charge on any atom is 0.472 e. The largest absolute Gasteiger partial charge is 0.472 e. The number of unbranched alkanes of at least 4 members (excludes halogenated alkanes) is 27. The second-order valence-corrected chi connectivity index (χ2v) is 24.0. The first kappa shape index (κ1) is 74.9. The van der Waals surface area contributed by atoms with Gasteiger partial charge in [0.25, 0.3) is 0 Å². The van der Waals surface area contributed by atoms with Crippen LogP contribution in [0.4, 0.5) is 0 Å². The van der Waals surface area contributed by atoms with Crippen LogP contribution in [0.1, 0.15) is 271 Å². The molecule has 9 nitrogen and oxygen atoms in total. The molecule has 0 bridgehead atoms. The van der Waals surface area contributed by atoms with Crippen LogP contribution in [-0.2, 0) is 27.9 Å². The maximum absolute atomic E-state index is 13.5. The molecule has 0 aromatic rings. The third-order valence-corrected chi connectivity index (χ3v) is 14.8. The normalized spacial score (nSPS) is 14.3. The van der Waals surface area contributed by atoms with Gasteiger partial charge < -0.3 is 19.4 Å². The number of esters is 1. The minimum Gasteiger partial charge on any atom is -0.456 e. The number of allylic oxidation sites excluding steroid dienone is 15. The Bertz CT molecular complexity index is 1660. The molecule has 0 rings (SSSR count). The van der Waals surface area contributed by atoms with E-state index in [4.69, 9.17) is 13.8 Å². The first-order valence-electron chi connectivity index (χ1n) is 32.1. The van der Waals surface area contributed by atoms with E-state index in [1.165, 1.54) is 154 Å². The quantitative estimate of drug-likeness (QED) is 0.0205. The van der Waals surface area contributed by atoms with Crippen molar-refractivity contribution in [2.45, 2.75) is 283 Å². The van der Waals surface area contributed by atoms with Gasteiger partial charge in [-0.15, -0.1) is 0 Å². The monoisotopic (exact) mass is 1110 g/mol. The summed E-state index contributed by atoms with van der Waals surface area (Å²) in [5.74, 6) is -0.603. The molecule has 0 spiro atoms. The molecule has 3 unspecified atom stereocenters. The first-order chi connectivity index (χ1) is 37.9. The molecule has 0 aromatic heterocycles. The number of likely N-dealkylation sites (N-methyl/N-ethyl adjacent to an activating group) is 1. The first-order valence-corrected chi connectivity index (χ1v) is 33.6. The summed E-state index contributed by atoms with van der Waals surface area (Å²) in [5.41, 5.74) is 0. The number of nitrogens with one attached hydrogen (secondary N) is 1. The summed E-state index contributed by atoms with van der Waals surface area (Å²) in [5, 5.41) is 3.01. The third kappa shape index (κ3) is 57.6. The lowest BCUT2D eigenvalue weighted by molar-refractivity contribution is -0.870. The lowest BCUT2D eigenvalue weighted by Crippen LogP contribution is -2.47. The van der Waals surface area contributed by atoms with Crippen LogP contribution in [0.5, 0.6) is 0 Å². The summed E-state index contributed by atoms with van der Waals surface area (Å²) in [7, 11) is 1.44. The van der Waals surface area contributed by atoms with Crippen LogP contribution >= 0.6 is 7.82 Å². The highest BCUT2D eigenvalue weighted by Crippen LogP contribution is 2.43. The minimum atomic E-state index is -4.47. The van der Waals surface area contributed by atoms with Crippen LogP contribution < -0.4 is 5.32 Å². The number of carbonyl (C=O) groups excluding carboxylic acids is 2. The fraction of sp³-hybridized carbons (Fsp3) is 0.735. The Labute approximate surface area is 481 Å². The van der Waals surface area contributed by atoms with Crippen molar-refractivity contribution >= 4 is 19.7 Å². The van der Waals surface area contributed by atoms with Gasteiger partial charge in [0.15, 0.2) is 0 Å². The number of hydrogen-bond donors (Lipinski definition) is 2. The smallest absolute Gasteiger partial charge is 0.456 e. The van der Waals surface area contributed by atoms with Crippen molar-refractivity contribution in [3.8, 4) is 0 Å². The number of hydrogen-bond acceptors (Lipinski definition) is 6. The second-order valence-electron chi connectivity index (χ2n) is 22.5. The highest BCUT2D eigenvalue weighted by atomic mass is 31.2. The number of quaternary nitrogens is 1. The van der Waals surface area contributed by atoms with E-state index in [1.807, 2.05) is 39.4 Å². The predicted octanol–water partition coefficient (Wildman–Crippen LogP) is 19.9. The van der Waals surface area contributed by atoms with Crippen LogP contribution in [0, 0.1) is 0 Å². The van der Waals surface area contributed by atoms with Gasteiger partial charge in [-0.25, -0.2) is 4.57 Å². The Kier molecular flexibility index (Phi) is 54.9. The van der Waals surface area contributed by atoms with Crippen molar-refractivity contribution in [3.63, 3.8) is 0 Å². The van der Waals surface area contributed by atoms with Crippen molar-refractivity contribution in [2.75, 3.05) is 40.9 Å². The Morgan fingerprint density at radius 2 is 0.833 bits per heavy atom. The van der Waals surface area contributed by atoms with E-state index >= 15 is 0 Å². The molecule has 10 heteroatoms. The number of ether oxygens (including phenoxy) is 1. The average molecular weight is 1110 g/mol. The number of phosphoric acid groups is 1. The Morgan fingerprint density at radius 3 is 1.26 bits per heavy atom. The number of phosphoric ester groups is 1. The van der Waals surface area contributed by atoms with Crippen molar-refractivity contribution in [1.82, 2.24) is 5.32 Å². The summed E-state index contributed by atoms with van der Waals surface area (Å²) in [6.45, 7) is 6.84. The highest BCUT2D eigenvalue weighted by molar-refractivity contribution is 7.47. The van der Waals surface area contributed by atoms with Gasteiger partial charge in [-0.2, -0.15) is 0 Å². The predicted molar refractivity (Wildman–Crippen MR) is 337 cm³/mol. The molecule has 0 aliphatic rings. The fourth-order valence-electron chi connectivity index (χ4n) is 8.84. The zero-order valence-corrected chi connectivity index (χ0v) is 52.3. The Hall–Kier alpha value is -3.07. The van der Waals surface area contributed by atoms with Crippen molar-refractivity contribution in [1.29, 1.82) is 0 Å². The topological polar surface area (TPSA) is 111 Å². The standard InChI is InChI=1S/C68H121N2O7P/c1-7-10-13-16-19-22-25-28-30-32-34-35-37-39-41-43-46-49-52-55-58-61-68(72)77-66(59-56-53-50-47-44-27-24-21-18-15-12-9-3)65(64-76-78(73,74)75-63-62-70(4,5)6)69-67(71)60-57-54-51-48-45-42-40-38-36-33-31-29-26-23-20-17-14-11-8-2/h11,14,20,23,28-31,36,38,42,45,51,54,56,59,65-66H,7-10,12-13,15-19,21-22,24-27,32-35,37,39-41,43-44,46-50,52-53,55,57-58,60-64H2,1-6H3,(H-,69,71,73,74)/p+1/b14-11-,23-20-,30-28+,31-29-,38-36-,45-42-,54-51-,59-56+. The summed E-state index contributed by atoms with van der Waals surface area (Å²) in [6.07, 6.45) is 77.1. The number of carbonyl (C=O) groups is 2. The average Bonchev–Trinajstić information content (AvgIpc) is 3.40. The van der Waals surface area contributed by atoms with Gasteiger partial charge in [-0.05, 0) is 96.0 Å². The van der Waals surface area contributed by atoms with Gasteiger partial charge in [0.2, 0.25) is 5.91 Å². The maximum atomic E-state index is 13.5. The molecule has 0 aliphatic heterocycles. The van der Waals surface area contributed by atoms with Crippen molar-refractivity contribution in [3.05, 3.63) is 97.2 Å². The van der Waals surface area contributed by atoms with E-state index in [-0.39, 0.29) is 37.9 Å². The van der Waals surface area contributed by atoms with Gasteiger partial charge in [-0.1, -0.05) is 260 Å². The lowest BCUT2D eigenvalue weighted by atomic mass is 10.0. The van der Waals surface area contributed by atoms with Gasteiger partial charge in [0.1, 0.15) is 19.3 Å². The van der Waals surface area contributed by atoms with Gasteiger partial charge in [-0.3, -0.25) is 18.6 Å². The molecule has 0 aromatic carbocycles. The number of amides is 1. The SMILES string of the molecule is CC/C=C\C/C=C\C/C=C\C/C=C\C/C=C\C/C=C\CCC(=O)NC(COP(=O)(O)OCC[N+](C)(C)C)C(/C=C/CCCCCCCCCCCC)OC(=O)CCCCCCCCCCCCC/C=C/CCCCCCCC.